The molecule has 0 bridgehead atoms. The Morgan fingerprint density at radius 2 is 1.15 bits per heavy atom. The molecular formula is C12H29N. The van der Waals surface area contributed by atoms with Crippen LogP contribution in [-0.4, -0.2) is 24.5 Å². The van der Waals surface area contributed by atoms with E-state index < -0.39 is 0 Å². The van der Waals surface area contributed by atoms with Gasteiger partial charge in [-0.25, -0.2) is 0 Å². The predicted octanol–water partition coefficient (Wildman–Crippen LogP) is 3.93. The summed E-state index contributed by atoms with van der Waals surface area (Å²) in [5.41, 5.74) is 0. The molecule has 0 atom stereocenters. The van der Waals surface area contributed by atoms with Crippen molar-refractivity contribution >= 4 is 0 Å². The lowest BCUT2D eigenvalue weighted by Gasteiger charge is -2.15. The van der Waals surface area contributed by atoms with Gasteiger partial charge >= 0.3 is 0 Å². The highest BCUT2D eigenvalue weighted by Gasteiger charge is 2.04. The summed E-state index contributed by atoms with van der Waals surface area (Å²) in [4.78, 5) is 2.55. The van der Waals surface area contributed by atoms with Gasteiger partial charge in [-0.3, -0.25) is 0 Å². The summed E-state index contributed by atoms with van der Waals surface area (Å²) in [7, 11) is 0. The normalized spacial score (nSPS) is 17.3. The van der Waals surface area contributed by atoms with Crippen molar-refractivity contribution in [2.24, 2.45) is 0 Å². The Kier molecular flexibility index (Phi) is 17.2. The molecule has 1 nitrogen and oxygen atoms in total. The Hall–Kier alpha value is -0.0400. The highest BCUT2D eigenvalue weighted by molar-refractivity contribution is 4.60. The van der Waals surface area contributed by atoms with Crippen LogP contribution >= 0.6 is 0 Å². The van der Waals surface area contributed by atoms with E-state index in [1.807, 2.05) is 27.7 Å². The molecule has 13 heavy (non-hydrogen) atoms. The van der Waals surface area contributed by atoms with Crippen LogP contribution in [0.25, 0.3) is 0 Å². The van der Waals surface area contributed by atoms with E-state index >= 15 is 0 Å². The topological polar surface area (TPSA) is 3.24 Å². The molecule has 1 fully saturated rings. The number of nitrogens with zero attached hydrogens (tertiary/aromatic N) is 1. The molecule has 1 aliphatic heterocycles. The maximum atomic E-state index is 2.55. The number of likely N-dealkylation sites (tertiary alicyclic amines) is 1. The molecule has 82 valence electrons. The van der Waals surface area contributed by atoms with Gasteiger partial charge in [0.25, 0.3) is 0 Å². The molecule has 1 saturated heterocycles. The summed E-state index contributed by atoms with van der Waals surface area (Å²) in [5.74, 6) is 0. The van der Waals surface area contributed by atoms with Crippen LogP contribution in [0, 0.1) is 0 Å². The summed E-state index contributed by atoms with van der Waals surface area (Å²) >= 11 is 0. The van der Waals surface area contributed by atoms with Crippen LogP contribution in [0.15, 0.2) is 0 Å². The van der Waals surface area contributed by atoms with E-state index in [0.717, 1.165) is 0 Å². The molecule has 0 saturated carbocycles. The van der Waals surface area contributed by atoms with E-state index in [0.29, 0.717) is 0 Å². The molecule has 0 aliphatic carbocycles. The smallest absolute Gasteiger partial charge is 0.00189 e. The molecule has 1 rings (SSSR count). The van der Waals surface area contributed by atoms with Gasteiger partial charge in [0.15, 0.2) is 0 Å². The third-order valence-corrected chi connectivity index (χ3v) is 2.15. The standard InChI is InChI=1S/C8H17N.2C2H6/c1-2-9-7-5-3-4-6-8-9;2*1-2/h2-8H2,1H3;2*1-2H3. The predicted molar refractivity (Wildman–Crippen MR) is 63.3 cm³/mol. The van der Waals surface area contributed by atoms with Crippen molar-refractivity contribution < 1.29 is 0 Å². The highest BCUT2D eigenvalue weighted by Crippen LogP contribution is 2.08. The second-order valence-corrected chi connectivity index (χ2v) is 2.85. The van der Waals surface area contributed by atoms with Gasteiger partial charge in [-0.05, 0) is 32.5 Å². The first-order chi connectivity index (χ1) is 6.43. The second kappa shape index (κ2) is 14.5. The van der Waals surface area contributed by atoms with Crippen molar-refractivity contribution in [2.75, 3.05) is 19.6 Å². The first kappa shape index (κ1) is 15.4. The summed E-state index contributed by atoms with van der Waals surface area (Å²) in [6, 6.07) is 0. The second-order valence-electron chi connectivity index (χ2n) is 2.85. The van der Waals surface area contributed by atoms with E-state index in [1.54, 1.807) is 0 Å². The third kappa shape index (κ3) is 9.88. The lowest BCUT2D eigenvalue weighted by atomic mass is 10.2. The molecule has 0 aromatic heterocycles. The average molecular weight is 187 g/mol. The molecular weight excluding hydrogens is 158 g/mol. The van der Waals surface area contributed by atoms with Gasteiger partial charge in [0.2, 0.25) is 0 Å². The fraction of sp³-hybridized carbons (Fsp3) is 1.00. The van der Waals surface area contributed by atoms with Crippen LogP contribution < -0.4 is 0 Å². The largest absolute Gasteiger partial charge is 0.304 e. The Morgan fingerprint density at radius 1 is 0.769 bits per heavy atom. The van der Waals surface area contributed by atoms with Gasteiger partial charge < -0.3 is 4.90 Å². The van der Waals surface area contributed by atoms with E-state index in [9.17, 15) is 0 Å². The summed E-state index contributed by atoms with van der Waals surface area (Å²) in [6.07, 6.45) is 5.76. The highest BCUT2D eigenvalue weighted by atomic mass is 15.1. The summed E-state index contributed by atoms with van der Waals surface area (Å²) in [5, 5.41) is 0. The van der Waals surface area contributed by atoms with Gasteiger partial charge in [-0.15, -0.1) is 0 Å². The zero-order chi connectivity index (χ0) is 10.5. The Bertz CT molecular complexity index is 63.5. The zero-order valence-electron chi connectivity index (χ0n) is 10.4. The maximum absolute atomic E-state index is 2.55. The Labute approximate surface area is 85.5 Å². The van der Waals surface area contributed by atoms with Gasteiger partial charge in [0.05, 0.1) is 0 Å². The minimum absolute atomic E-state index is 1.25. The number of rotatable bonds is 1. The fourth-order valence-corrected chi connectivity index (χ4v) is 1.45. The van der Waals surface area contributed by atoms with Gasteiger partial charge in [-0.1, -0.05) is 47.5 Å². The molecule has 1 heterocycles. The van der Waals surface area contributed by atoms with Crippen LogP contribution in [0.5, 0.6) is 0 Å². The summed E-state index contributed by atoms with van der Waals surface area (Å²) < 4.78 is 0. The van der Waals surface area contributed by atoms with Crippen molar-refractivity contribution in [3.05, 3.63) is 0 Å². The monoisotopic (exact) mass is 187 g/mol. The van der Waals surface area contributed by atoms with Crippen molar-refractivity contribution in [1.82, 2.24) is 4.90 Å². The molecule has 1 heteroatoms. The molecule has 0 radical (unpaired) electrons. The van der Waals surface area contributed by atoms with E-state index in [4.69, 9.17) is 0 Å². The fourth-order valence-electron chi connectivity index (χ4n) is 1.45. The van der Waals surface area contributed by atoms with Crippen LogP contribution in [0.4, 0.5) is 0 Å². The molecule has 0 spiro atoms. The minimum atomic E-state index is 1.25. The van der Waals surface area contributed by atoms with Crippen LogP contribution in [0.3, 0.4) is 0 Å². The molecule has 0 N–H and O–H groups in total. The average Bonchev–Trinajstić information content (AvgIpc) is 2.51. The number of hydrogen-bond donors (Lipinski definition) is 0. The minimum Gasteiger partial charge on any atom is -0.304 e. The van der Waals surface area contributed by atoms with Crippen molar-refractivity contribution in [3.8, 4) is 0 Å². The van der Waals surface area contributed by atoms with Gasteiger partial charge in [-0.2, -0.15) is 0 Å². The molecule has 0 aromatic rings. The summed E-state index contributed by atoms with van der Waals surface area (Å²) in [6.45, 7) is 14.2. The van der Waals surface area contributed by atoms with E-state index in [-0.39, 0.29) is 0 Å². The molecule has 0 amide bonds. The molecule has 0 unspecified atom stereocenters. The van der Waals surface area contributed by atoms with E-state index in [1.165, 1.54) is 45.3 Å². The van der Waals surface area contributed by atoms with Crippen LogP contribution in [-0.2, 0) is 0 Å². The van der Waals surface area contributed by atoms with Crippen molar-refractivity contribution in [1.29, 1.82) is 0 Å². The van der Waals surface area contributed by atoms with Crippen LogP contribution in [0.2, 0.25) is 0 Å². The first-order valence-electron chi connectivity index (χ1n) is 6.16. The Morgan fingerprint density at radius 3 is 1.46 bits per heavy atom. The van der Waals surface area contributed by atoms with E-state index in [2.05, 4.69) is 11.8 Å². The third-order valence-electron chi connectivity index (χ3n) is 2.15. The van der Waals surface area contributed by atoms with Gasteiger partial charge in [0.1, 0.15) is 0 Å². The maximum Gasteiger partial charge on any atom is -0.00189 e. The Balaban J connectivity index is 0. The zero-order valence-corrected chi connectivity index (χ0v) is 10.4. The lowest BCUT2D eigenvalue weighted by Crippen LogP contribution is -2.23. The molecule has 0 aromatic carbocycles. The first-order valence-corrected chi connectivity index (χ1v) is 6.16. The lowest BCUT2D eigenvalue weighted by molar-refractivity contribution is 0.301. The number of hydrogen-bond acceptors (Lipinski definition) is 1. The van der Waals surface area contributed by atoms with Gasteiger partial charge in [0, 0.05) is 0 Å². The quantitative estimate of drug-likeness (QED) is 0.601. The van der Waals surface area contributed by atoms with Crippen molar-refractivity contribution in [3.63, 3.8) is 0 Å². The van der Waals surface area contributed by atoms with Crippen molar-refractivity contribution in [2.45, 2.75) is 60.3 Å². The van der Waals surface area contributed by atoms with Crippen LogP contribution in [0.1, 0.15) is 60.3 Å². The SMILES string of the molecule is CC.CC.CCN1CCCCCC1. The molecule has 1 aliphatic rings.